The molecular formula is C136H107N5. The van der Waals surface area contributed by atoms with E-state index in [0.29, 0.717) is 0 Å². The zero-order valence-electron chi connectivity index (χ0n) is 81.5. The van der Waals surface area contributed by atoms with Gasteiger partial charge in [-0.05, 0) is 308 Å². The third-order valence-electron chi connectivity index (χ3n) is 32.2. The van der Waals surface area contributed by atoms with Crippen molar-refractivity contribution in [1.82, 2.24) is 9.13 Å². The van der Waals surface area contributed by atoms with E-state index in [-0.39, 0.29) is 27.1 Å². The predicted octanol–water partition coefficient (Wildman–Crippen LogP) is 37.0. The molecule has 0 spiro atoms. The van der Waals surface area contributed by atoms with Gasteiger partial charge in [-0.15, -0.1) is 0 Å². The summed E-state index contributed by atoms with van der Waals surface area (Å²) in [6, 6.07) is 166. The minimum atomic E-state index is -0.192. The maximum absolute atomic E-state index is 2.51. The predicted molar refractivity (Wildman–Crippen MR) is 597 cm³/mol. The molecule has 5 heterocycles. The molecule has 0 saturated carbocycles. The fourth-order valence-corrected chi connectivity index (χ4v) is 25.0. The highest BCUT2D eigenvalue weighted by Crippen LogP contribution is 2.61. The number of para-hydroxylation sites is 7. The van der Waals surface area contributed by atoms with Gasteiger partial charge in [-0.25, -0.2) is 0 Å². The minimum Gasteiger partial charge on any atom is -0.310 e. The molecule has 0 atom stereocenters. The first-order chi connectivity index (χ1) is 68.6. The molecule has 2 aliphatic carbocycles. The Bertz CT molecular complexity index is 9070. The van der Waals surface area contributed by atoms with Crippen LogP contribution < -0.4 is 14.7 Å². The van der Waals surface area contributed by atoms with Crippen LogP contribution in [0.4, 0.5) is 51.2 Å². The lowest BCUT2D eigenvalue weighted by Crippen LogP contribution is -2.31. The van der Waals surface area contributed by atoms with E-state index in [1.165, 1.54) is 255 Å². The normalized spacial score (nSPS) is 14.7. The van der Waals surface area contributed by atoms with Gasteiger partial charge in [-0.3, -0.25) is 0 Å². The Morgan fingerprint density at radius 2 is 0.418 bits per heavy atom. The quantitative estimate of drug-likeness (QED) is 0.141. The molecule has 0 amide bonds. The molecule has 0 bridgehead atoms. The molecular weight excluding hydrogens is 1700 g/mol. The Morgan fingerprint density at radius 1 is 0.149 bits per heavy atom. The highest BCUT2D eigenvalue weighted by Gasteiger charge is 2.44. The summed E-state index contributed by atoms with van der Waals surface area (Å²) in [6.45, 7) is 25.9. The highest BCUT2D eigenvalue weighted by atomic mass is 15.2. The average Bonchev–Trinajstić information content (AvgIpc) is 0.935. The maximum atomic E-state index is 2.51. The Labute approximate surface area is 825 Å². The number of hydrogen-bond acceptors (Lipinski definition) is 3. The van der Waals surface area contributed by atoms with Crippen molar-refractivity contribution in [1.29, 1.82) is 0 Å². The number of fused-ring (bicyclic) bond motifs is 24. The molecule has 5 heteroatoms. The van der Waals surface area contributed by atoms with Crippen molar-refractivity contribution < 1.29 is 0 Å². The number of benzene rings is 21. The molecule has 2 aromatic heterocycles. The van der Waals surface area contributed by atoms with E-state index >= 15 is 0 Å². The van der Waals surface area contributed by atoms with Crippen LogP contribution >= 0.6 is 0 Å². The lowest BCUT2D eigenvalue weighted by molar-refractivity contribution is 0.631. The maximum Gasteiger partial charge on any atom is 0.0541 e. The van der Waals surface area contributed by atoms with E-state index < -0.39 is 0 Å². The van der Waals surface area contributed by atoms with Gasteiger partial charge in [0.15, 0.2) is 0 Å². The number of aryl methyl sites for hydroxylation is 1. The fraction of sp³-hybridized carbons (Fsp3) is 0.118. The van der Waals surface area contributed by atoms with Crippen LogP contribution in [0.25, 0.3) is 143 Å². The van der Waals surface area contributed by atoms with Crippen LogP contribution in [0.5, 0.6) is 0 Å². The monoisotopic (exact) mass is 1810 g/mol. The van der Waals surface area contributed by atoms with Crippen molar-refractivity contribution in [3.05, 3.63) is 510 Å². The molecule has 0 N–H and O–H groups in total. The molecule has 0 fully saturated rings. The van der Waals surface area contributed by atoms with E-state index in [4.69, 9.17) is 0 Å². The van der Waals surface area contributed by atoms with Crippen molar-refractivity contribution in [2.24, 2.45) is 0 Å². The molecule has 21 aromatic carbocycles. The number of anilines is 9. The first-order valence-electron chi connectivity index (χ1n) is 49.8. The Hall–Kier alpha value is -16.6. The Balaban J connectivity index is 0.000000109. The molecule has 23 aromatic rings. The van der Waals surface area contributed by atoms with Gasteiger partial charge in [0.05, 0.1) is 56.2 Å². The van der Waals surface area contributed by atoms with E-state index in [2.05, 4.69) is 549 Å². The summed E-state index contributed by atoms with van der Waals surface area (Å²) >= 11 is 0. The Kier molecular flexibility index (Phi) is 19.3. The SMILES string of the molecule is CC1(C)c2ccccc2-c2ccc(N3c4ccccc4C(C)(C)c4cc(-c5ccc6c(c5)c5ccccc5n6-c5ccccc5)ccc43)cc21.CC1(C)c2ccccc2N(c2ccccc2)c2ccc(-c3ccc4c5ccccc5c5ccccc5c4c3)cc21.Cc1ccc2c(c1)C(C)(C)c1cc(-c3ccc4c(c3)c3ccccc3n4-c3ccccc3)ccc1N2c1ccc2c(c1)C(C)(C)c1ccccc1-2. The minimum absolute atomic E-state index is 0.0640. The molecule has 28 rings (SSSR count). The summed E-state index contributed by atoms with van der Waals surface area (Å²) in [6.07, 6.45) is 0. The number of aromatic nitrogens is 2. The second-order valence-corrected chi connectivity index (χ2v) is 42.0. The fourth-order valence-electron chi connectivity index (χ4n) is 25.0. The van der Waals surface area contributed by atoms with Crippen LogP contribution in [0.15, 0.2) is 449 Å². The second kappa shape index (κ2) is 32.0. The topological polar surface area (TPSA) is 19.6 Å². The van der Waals surface area contributed by atoms with Gasteiger partial charge in [-0.2, -0.15) is 0 Å². The molecule has 0 radical (unpaired) electrons. The highest BCUT2D eigenvalue weighted by molar-refractivity contribution is 6.26. The smallest absolute Gasteiger partial charge is 0.0541 e. The number of nitrogens with zero attached hydrogens (tertiary/aromatic N) is 5. The summed E-state index contributed by atoms with van der Waals surface area (Å²) in [4.78, 5) is 7.42. The number of rotatable bonds is 8. The summed E-state index contributed by atoms with van der Waals surface area (Å²) < 4.78 is 4.77. The van der Waals surface area contributed by atoms with Gasteiger partial charge in [0.2, 0.25) is 0 Å². The standard InChI is InChI=1S/C49H40N2.C48H38N2.C39H29N/c1-31-19-24-46-42(27-31)49(4,5)43-29-33(32-20-25-45-39(28-32)38-16-10-12-18-44(38)50(45)34-13-7-6-8-14-34)21-26-47(43)51(46)35-22-23-37-36-15-9-11-17-40(36)48(2,3)41(37)30-35;1-47(2)39-18-10-8-16-35(39)36-25-24-34(30-41(36)47)50-45-21-13-11-19-40(45)48(3,4)42-29-32(23-27-46(42)50)31-22-26-44-38(28-31)37-17-9-12-20-43(37)49(44)33-14-6-5-7-15-33;1-39(2)35-18-10-11-19-37(35)40(28-12-4-3-5-13-28)38-23-21-27(25-36(38)39)26-20-22-33-31-16-7-6-14-29(31)30-15-8-9-17-32(30)34(33)24-26/h6-30H,1-5H3;5-30H,1-4H3;3-25H,1-2H3. The van der Waals surface area contributed by atoms with E-state index in [1.807, 2.05) is 0 Å². The van der Waals surface area contributed by atoms with Crippen molar-refractivity contribution in [2.75, 3.05) is 14.7 Å². The first-order valence-corrected chi connectivity index (χ1v) is 49.8. The van der Waals surface area contributed by atoms with E-state index in [1.54, 1.807) is 0 Å². The molecule has 0 unspecified atom stereocenters. The summed E-state index contributed by atoms with van der Waals surface area (Å²) in [7, 11) is 0. The van der Waals surface area contributed by atoms with Crippen molar-refractivity contribution in [3.8, 4) is 67.0 Å². The van der Waals surface area contributed by atoms with Crippen LogP contribution in [-0.2, 0) is 27.1 Å². The van der Waals surface area contributed by atoms with Gasteiger partial charge in [-0.1, -0.05) is 366 Å². The molecule has 5 aliphatic rings. The molecule has 3 aliphatic heterocycles. The van der Waals surface area contributed by atoms with Gasteiger partial charge in [0.25, 0.3) is 0 Å². The first kappa shape index (κ1) is 84.9. The molecule has 0 saturated heterocycles. The van der Waals surface area contributed by atoms with Crippen LogP contribution in [0, 0.1) is 6.92 Å². The zero-order valence-corrected chi connectivity index (χ0v) is 81.5. The largest absolute Gasteiger partial charge is 0.310 e. The molecule has 5 nitrogen and oxygen atoms in total. The average molecular weight is 1810 g/mol. The van der Waals surface area contributed by atoms with Crippen LogP contribution in [0.1, 0.15) is 130 Å². The summed E-state index contributed by atoms with van der Waals surface area (Å²) in [5.41, 5.74) is 45.5. The second-order valence-electron chi connectivity index (χ2n) is 42.0. The van der Waals surface area contributed by atoms with Gasteiger partial charge < -0.3 is 23.8 Å². The summed E-state index contributed by atoms with van der Waals surface area (Å²) in [5.74, 6) is 0. The Morgan fingerprint density at radius 3 is 0.844 bits per heavy atom. The third-order valence-corrected chi connectivity index (χ3v) is 32.2. The van der Waals surface area contributed by atoms with Gasteiger partial charge >= 0.3 is 0 Å². The molecule has 141 heavy (non-hydrogen) atoms. The van der Waals surface area contributed by atoms with E-state index in [0.717, 1.165) is 0 Å². The third kappa shape index (κ3) is 13.1. The van der Waals surface area contributed by atoms with Gasteiger partial charge in [0, 0.05) is 77.1 Å². The zero-order chi connectivity index (χ0) is 95.3. The van der Waals surface area contributed by atoms with Crippen LogP contribution in [0.3, 0.4) is 0 Å². The van der Waals surface area contributed by atoms with Crippen LogP contribution in [0.2, 0.25) is 0 Å². The lowest BCUT2D eigenvalue weighted by Gasteiger charge is -2.42. The van der Waals surface area contributed by atoms with Gasteiger partial charge in [0.1, 0.15) is 0 Å². The number of hydrogen-bond donors (Lipinski definition) is 0. The van der Waals surface area contributed by atoms with E-state index in [9.17, 15) is 0 Å². The van der Waals surface area contributed by atoms with Crippen molar-refractivity contribution in [2.45, 2.75) is 103 Å². The summed E-state index contributed by atoms with van der Waals surface area (Å²) in [5, 5.41) is 12.9. The molecule has 676 valence electrons. The van der Waals surface area contributed by atoms with Crippen LogP contribution in [-0.4, -0.2) is 9.13 Å². The van der Waals surface area contributed by atoms with Crippen molar-refractivity contribution in [3.63, 3.8) is 0 Å². The lowest BCUT2D eigenvalue weighted by atomic mass is 9.72. The van der Waals surface area contributed by atoms with Crippen molar-refractivity contribution >= 4 is 127 Å².